The third-order valence-electron chi connectivity index (χ3n) is 6.98. The second kappa shape index (κ2) is 8.69. The van der Waals surface area contributed by atoms with Gasteiger partial charge in [-0.05, 0) is 43.4 Å². The zero-order chi connectivity index (χ0) is 26.5. The molecule has 1 spiro atoms. The van der Waals surface area contributed by atoms with Crippen molar-refractivity contribution in [2.75, 3.05) is 18.8 Å². The summed E-state index contributed by atoms with van der Waals surface area (Å²) in [6.45, 7) is 3.11. The Kier molecular flexibility index (Phi) is 5.73. The number of nitrogens with two attached hydrogens (primary N) is 2. The van der Waals surface area contributed by atoms with E-state index in [0.717, 1.165) is 25.0 Å². The lowest BCUT2D eigenvalue weighted by Crippen LogP contribution is -2.63. The minimum absolute atomic E-state index is 0.00767. The third-order valence-corrected chi connectivity index (χ3v) is 6.98. The standard InChI is InChI=1S/C25H24F3N7O2/c1-2-3-19(36)33-13-24(14-33)8-18(9-24)35-22(29)20(23(30)37)21(32-35)16-10-31-34(12-16)11-15-4-6-17(7-5-15)25(26,27)28/h4-7,10,12,18H,8-9,11,13-14,29H2,1H3,(H2,30,37). The first-order valence-electron chi connectivity index (χ1n) is 11.6. The highest BCUT2D eigenvalue weighted by atomic mass is 19.4. The average Bonchev–Trinajstić information content (AvgIpc) is 3.36. The Morgan fingerprint density at radius 1 is 1.19 bits per heavy atom. The van der Waals surface area contributed by atoms with Crippen LogP contribution in [0.1, 0.15) is 47.3 Å². The maximum atomic E-state index is 12.8. The number of benzene rings is 1. The molecule has 192 valence electrons. The summed E-state index contributed by atoms with van der Waals surface area (Å²) in [5.74, 6) is 4.43. The molecule has 3 heterocycles. The second-order valence-corrected chi connectivity index (χ2v) is 9.64. The molecule has 2 aromatic heterocycles. The Balaban J connectivity index is 1.32. The van der Waals surface area contributed by atoms with Gasteiger partial charge in [-0.3, -0.25) is 14.3 Å². The maximum Gasteiger partial charge on any atom is 0.416 e. The summed E-state index contributed by atoms with van der Waals surface area (Å²) >= 11 is 0. The molecule has 1 aliphatic heterocycles. The van der Waals surface area contributed by atoms with Gasteiger partial charge >= 0.3 is 6.18 Å². The quantitative estimate of drug-likeness (QED) is 0.510. The summed E-state index contributed by atoms with van der Waals surface area (Å²) in [5, 5.41) is 8.87. The number of hydrogen-bond acceptors (Lipinski definition) is 5. The van der Waals surface area contributed by atoms with Gasteiger partial charge < -0.3 is 16.4 Å². The number of amides is 2. The topological polar surface area (TPSA) is 125 Å². The highest BCUT2D eigenvalue weighted by Crippen LogP contribution is 2.54. The van der Waals surface area contributed by atoms with Gasteiger partial charge in [0.25, 0.3) is 11.8 Å². The molecule has 1 saturated carbocycles. The van der Waals surface area contributed by atoms with Gasteiger partial charge in [-0.25, -0.2) is 4.68 Å². The average molecular weight is 512 g/mol. The molecule has 9 nitrogen and oxygen atoms in total. The Hall–Kier alpha value is -4.27. The van der Waals surface area contributed by atoms with E-state index in [0.29, 0.717) is 29.9 Å². The molecule has 2 amide bonds. The zero-order valence-electron chi connectivity index (χ0n) is 19.9. The number of hydrogen-bond donors (Lipinski definition) is 2. The molecule has 1 saturated heterocycles. The van der Waals surface area contributed by atoms with Gasteiger partial charge in [0, 0.05) is 30.3 Å². The van der Waals surface area contributed by atoms with Gasteiger partial charge in [0.05, 0.1) is 24.3 Å². The first kappa shape index (κ1) is 24.4. The Morgan fingerprint density at radius 3 is 2.46 bits per heavy atom. The van der Waals surface area contributed by atoms with Crippen molar-refractivity contribution in [2.24, 2.45) is 11.1 Å². The lowest BCUT2D eigenvalue weighted by Gasteiger charge is -2.58. The van der Waals surface area contributed by atoms with Crippen LogP contribution in [0.4, 0.5) is 19.0 Å². The number of aromatic nitrogens is 4. The van der Waals surface area contributed by atoms with Crippen LogP contribution in [0.3, 0.4) is 0 Å². The molecular formula is C25H24F3N7O2. The number of alkyl halides is 3. The first-order chi connectivity index (χ1) is 17.5. The number of rotatable bonds is 5. The van der Waals surface area contributed by atoms with Crippen LogP contribution in [-0.2, 0) is 17.5 Å². The fourth-order valence-corrected chi connectivity index (χ4v) is 5.19. The van der Waals surface area contributed by atoms with Crippen molar-refractivity contribution in [3.63, 3.8) is 0 Å². The van der Waals surface area contributed by atoms with E-state index in [1.54, 1.807) is 22.7 Å². The van der Waals surface area contributed by atoms with Gasteiger partial charge in [-0.15, -0.1) is 0 Å². The van der Waals surface area contributed by atoms with Crippen LogP contribution < -0.4 is 11.5 Å². The van der Waals surface area contributed by atoms with Gasteiger partial charge in [-0.1, -0.05) is 18.1 Å². The van der Waals surface area contributed by atoms with Crippen LogP contribution >= 0.6 is 0 Å². The summed E-state index contributed by atoms with van der Waals surface area (Å²) in [7, 11) is 0. The van der Waals surface area contributed by atoms with Crippen molar-refractivity contribution in [1.82, 2.24) is 24.5 Å². The van der Waals surface area contributed by atoms with E-state index in [1.807, 2.05) is 0 Å². The lowest BCUT2D eigenvalue weighted by atomic mass is 9.60. The maximum absolute atomic E-state index is 12.8. The summed E-state index contributed by atoms with van der Waals surface area (Å²) in [4.78, 5) is 25.9. The summed E-state index contributed by atoms with van der Waals surface area (Å²) in [5.41, 5.74) is 12.7. The van der Waals surface area contributed by atoms with Crippen LogP contribution in [-0.4, -0.2) is 49.4 Å². The monoisotopic (exact) mass is 511 g/mol. The van der Waals surface area contributed by atoms with Gasteiger partial charge in [-0.2, -0.15) is 23.4 Å². The molecule has 0 bridgehead atoms. The van der Waals surface area contributed by atoms with Gasteiger partial charge in [0.15, 0.2) is 0 Å². The third kappa shape index (κ3) is 4.41. The predicted octanol–water partition coefficient (Wildman–Crippen LogP) is 2.68. The number of likely N-dealkylation sites (tertiary alicyclic amines) is 1. The minimum Gasteiger partial charge on any atom is -0.383 e. The van der Waals surface area contributed by atoms with Gasteiger partial charge in [0.2, 0.25) is 0 Å². The SMILES string of the molecule is CC#CC(=O)N1CC2(CC(n3nc(-c4cnn(Cc5ccc(C(F)(F)F)cc5)c4)c(C(N)=O)c3N)C2)C1. The van der Waals surface area contributed by atoms with Crippen molar-refractivity contribution < 1.29 is 22.8 Å². The molecule has 3 aromatic rings. The number of carbonyl (C=O) groups is 2. The Bertz CT molecular complexity index is 1430. The number of carbonyl (C=O) groups excluding carboxylic acids is 2. The van der Waals surface area contributed by atoms with Crippen molar-refractivity contribution >= 4 is 17.6 Å². The fraction of sp³-hybridized carbons (Fsp3) is 0.360. The number of halogens is 3. The molecule has 12 heteroatoms. The van der Waals surface area contributed by atoms with Gasteiger partial charge in [0.1, 0.15) is 17.1 Å². The van der Waals surface area contributed by atoms with E-state index in [2.05, 4.69) is 22.0 Å². The summed E-state index contributed by atoms with van der Waals surface area (Å²) in [6.07, 6.45) is 0.262. The molecule has 37 heavy (non-hydrogen) atoms. The van der Waals surface area contributed by atoms with Crippen LogP contribution in [0.15, 0.2) is 36.7 Å². The molecule has 0 radical (unpaired) electrons. The summed E-state index contributed by atoms with van der Waals surface area (Å²) in [6, 6.07) is 4.79. The molecular weight excluding hydrogens is 487 g/mol. The molecule has 2 fully saturated rings. The number of primary amides is 1. The smallest absolute Gasteiger partial charge is 0.383 e. The highest BCUT2D eigenvalue weighted by molar-refractivity contribution is 6.03. The van der Waals surface area contributed by atoms with E-state index in [1.165, 1.54) is 23.0 Å². The molecule has 2 aliphatic rings. The summed E-state index contributed by atoms with van der Waals surface area (Å²) < 4.78 is 41.6. The van der Waals surface area contributed by atoms with Crippen LogP contribution in [0.25, 0.3) is 11.3 Å². The van der Waals surface area contributed by atoms with Crippen molar-refractivity contribution in [3.05, 3.63) is 53.3 Å². The zero-order valence-corrected chi connectivity index (χ0v) is 19.9. The highest BCUT2D eigenvalue weighted by Gasteiger charge is 2.54. The fourth-order valence-electron chi connectivity index (χ4n) is 5.19. The molecule has 5 rings (SSSR count). The van der Waals surface area contributed by atoms with Crippen molar-refractivity contribution in [3.8, 4) is 23.1 Å². The number of anilines is 1. The minimum atomic E-state index is -4.40. The van der Waals surface area contributed by atoms with E-state index >= 15 is 0 Å². The predicted molar refractivity (Wildman–Crippen MR) is 128 cm³/mol. The van der Waals surface area contributed by atoms with E-state index in [9.17, 15) is 22.8 Å². The van der Waals surface area contributed by atoms with Crippen molar-refractivity contribution in [1.29, 1.82) is 0 Å². The normalized spacial score (nSPS) is 16.6. The van der Waals surface area contributed by atoms with Crippen LogP contribution in [0.2, 0.25) is 0 Å². The lowest BCUT2D eigenvalue weighted by molar-refractivity contribution is -0.148. The number of nitrogen functional groups attached to an aromatic ring is 1. The molecule has 1 aromatic carbocycles. The first-order valence-corrected chi connectivity index (χ1v) is 11.6. The van der Waals surface area contributed by atoms with Crippen LogP contribution in [0.5, 0.6) is 0 Å². The number of nitrogens with zero attached hydrogens (tertiary/aromatic N) is 5. The molecule has 4 N–H and O–H groups in total. The van der Waals surface area contributed by atoms with E-state index in [4.69, 9.17) is 11.5 Å². The van der Waals surface area contributed by atoms with Crippen LogP contribution in [0, 0.1) is 17.3 Å². The second-order valence-electron chi connectivity index (χ2n) is 9.64. The van der Waals surface area contributed by atoms with E-state index < -0.39 is 17.6 Å². The molecule has 0 atom stereocenters. The Morgan fingerprint density at radius 2 is 1.86 bits per heavy atom. The largest absolute Gasteiger partial charge is 0.416 e. The van der Waals surface area contributed by atoms with E-state index in [-0.39, 0.29) is 35.3 Å². The molecule has 0 unspecified atom stereocenters. The Labute approximate surface area is 210 Å². The molecule has 1 aliphatic carbocycles. The van der Waals surface area contributed by atoms with Crippen molar-refractivity contribution in [2.45, 2.75) is 38.5 Å².